The highest BCUT2D eigenvalue weighted by molar-refractivity contribution is 6.31. The molecule has 0 unspecified atom stereocenters. The third-order valence-electron chi connectivity index (χ3n) is 3.98. The van der Waals surface area contributed by atoms with Gasteiger partial charge in [0.2, 0.25) is 0 Å². The summed E-state index contributed by atoms with van der Waals surface area (Å²) in [4.78, 5) is 33.1. The Morgan fingerprint density at radius 3 is 2.67 bits per heavy atom. The van der Waals surface area contributed by atoms with Gasteiger partial charge in [0.05, 0.1) is 18.8 Å². The molecule has 0 amide bonds. The molecule has 0 aliphatic heterocycles. The maximum Gasteiger partial charge on any atom is 0.322 e. The lowest BCUT2D eigenvalue weighted by Crippen LogP contribution is -2.24. The summed E-state index contributed by atoms with van der Waals surface area (Å²) >= 11 is 6.22. The fourth-order valence-electron chi connectivity index (χ4n) is 2.78. The molecule has 0 aliphatic rings. The second-order valence-corrected chi connectivity index (χ2v) is 6.37. The van der Waals surface area contributed by atoms with Gasteiger partial charge in [-0.15, -0.1) is 5.10 Å². The molecular weight excluding hydrogens is 370 g/mol. The molecule has 0 fully saturated rings. The Kier molecular flexibility index (Phi) is 5.46. The van der Waals surface area contributed by atoms with Gasteiger partial charge in [-0.2, -0.15) is 0 Å². The van der Waals surface area contributed by atoms with Crippen LogP contribution in [0.3, 0.4) is 0 Å². The average molecular weight is 388 g/mol. The number of hydrogen-bond donors (Lipinski definition) is 0. The van der Waals surface area contributed by atoms with Crippen LogP contribution in [-0.4, -0.2) is 43.3 Å². The number of rotatable bonds is 6. The molecule has 0 bridgehead atoms. The van der Waals surface area contributed by atoms with Crippen molar-refractivity contribution < 1.29 is 14.3 Å². The summed E-state index contributed by atoms with van der Waals surface area (Å²) in [5.41, 5.74) is 1.76. The van der Waals surface area contributed by atoms with Crippen molar-refractivity contribution in [2.24, 2.45) is 0 Å². The van der Waals surface area contributed by atoms with Crippen LogP contribution in [0.2, 0.25) is 5.02 Å². The first-order valence-electron chi connectivity index (χ1n) is 8.40. The maximum absolute atomic E-state index is 12.3. The van der Waals surface area contributed by atoms with Crippen LogP contribution < -0.4 is 0 Å². The molecule has 0 aliphatic carbocycles. The predicted molar refractivity (Wildman–Crippen MR) is 98.5 cm³/mol. The SMILES string of the molecule is CCOC(=O)[C@@H](C(C)=O)c1nc(C)nc2c1nnn2Cc1ccccc1Cl. The largest absolute Gasteiger partial charge is 0.465 e. The summed E-state index contributed by atoms with van der Waals surface area (Å²) in [7, 11) is 0. The van der Waals surface area contributed by atoms with Crippen LogP contribution in [0, 0.1) is 6.92 Å². The molecule has 0 saturated heterocycles. The topological polar surface area (TPSA) is 99.9 Å². The van der Waals surface area contributed by atoms with Crippen molar-refractivity contribution in [1.82, 2.24) is 25.0 Å². The molecule has 0 saturated carbocycles. The van der Waals surface area contributed by atoms with Gasteiger partial charge in [-0.05, 0) is 32.4 Å². The normalized spacial score (nSPS) is 12.1. The number of fused-ring (bicyclic) bond motifs is 1. The summed E-state index contributed by atoms with van der Waals surface area (Å²) in [6.07, 6.45) is 0. The number of halogens is 1. The van der Waals surface area contributed by atoms with Crippen LogP contribution in [0.5, 0.6) is 0 Å². The summed E-state index contributed by atoms with van der Waals surface area (Å²) in [6.45, 7) is 5.18. The molecule has 3 rings (SSSR count). The van der Waals surface area contributed by atoms with E-state index in [0.717, 1.165) is 5.56 Å². The highest BCUT2D eigenvalue weighted by Crippen LogP contribution is 2.25. The summed E-state index contributed by atoms with van der Waals surface area (Å²) in [6, 6.07) is 7.38. The van der Waals surface area contributed by atoms with Crippen LogP contribution in [0.25, 0.3) is 11.2 Å². The van der Waals surface area contributed by atoms with E-state index in [4.69, 9.17) is 16.3 Å². The molecule has 0 spiro atoms. The maximum atomic E-state index is 12.3. The van der Waals surface area contributed by atoms with Crippen LogP contribution in [0.15, 0.2) is 24.3 Å². The lowest BCUT2D eigenvalue weighted by Gasteiger charge is -2.13. The fourth-order valence-corrected chi connectivity index (χ4v) is 2.98. The molecule has 0 N–H and O–H groups in total. The Morgan fingerprint density at radius 1 is 1.26 bits per heavy atom. The minimum Gasteiger partial charge on any atom is -0.465 e. The molecule has 2 aromatic heterocycles. The van der Waals surface area contributed by atoms with Crippen molar-refractivity contribution >= 4 is 34.5 Å². The molecule has 1 aromatic carbocycles. The number of ketones is 1. The lowest BCUT2D eigenvalue weighted by molar-refractivity contribution is -0.147. The van der Waals surface area contributed by atoms with Crippen LogP contribution >= 0.6 is 11.6 Å². The van der Waals surface area contributed by atoms with E-state index in [1.165, 1.54) is 6.92 Å². The number of aromatic nitrogens is 5. The molecule has 9 heteroatoms. The van der Waals surface area contributed by atoms with Crippen molar-refractivity contribution in [3.8, 4) is 0 Å². The lowest BCUT2D eigenvalue weighted by atomic mass is 10.00. The fraction of sp³-hybridized carbons (Fsp3) is 0.333. The highest BCUT2D eigenvalue weighted by Gasteiger charge is 2.32. The second kappa shape index (κ2) is 7.79. The molecule has 2 heterocycles. The van der Waals surface area contributed by atoms with Crippen LogP contribution in [0.1, 0.15) is 36.8 Å². The second-order valence-electron chi connectivity index (χ2n) is 5.96. The number of hydrogen-bond acceptors (Lipinski definition) is 7. The number of carbonyl (C=O) groups excluding carboxylic acids is 2. The minimum atomic E-state index is -1.17. The molecule has 27 heavy (non-hydrogen) atoms. The zero-order chi connectivity index (χ0) is 19.6. The number of esters is 1. The Bertz CT molecular complexity index is 1020. The summed E-state index contributed by atoms with van der Waals surface area (Å²) in [5, 5.41) is 8.84. The van der Waals surface area contributed by atoms with Crippen molar-refractivity contribution in [3.63, 3.8) is 0 Å². The van der Waals surface area contributed by atoms with Gasteiger partial charge in [0.25, 0.3) is 0 Å². The standard InChI is InChI=1S/C18H18ClN5O3/c1-4-27-18(26)14(10(2)25)15-16-17(21-11(3)20-15)24(23-22-16)9-12-7-5-6-8-13(12)19/h5-8,14H,4,9H2,1-3H3/t14-/m0/s1. The predicted octanol–water partition coefficient (Wildman–Crippen LogP) is 2.47. The van der Waals surface area contributed by atoms with Crippen LogP contribution in [-0.2, 0) is 20.9 Å². The molecule has 1 atom stereocenters. The summed E-state index contributed by atoms with van der Waals surface area (Å²) in [5.74, 6) is -1.81. The molecule has 3 aromatic rings. The van der Waals surface area contributed by atoms with Gasteiger partial charge in [0.15, 0.2) is 17.1 Å². The van der Waals surface area contributed by atoms with Crippen molar-refractivity contribution in [2.45, 2.75) is 33.2 Å². The number of Topliss-reactive ketones (excluding diaryl/α,β-unsaturated/α-hetero) is 1. The average Bonchev–Trinajstić information content (AvgIpc) is 3.00. The quantitative estimate of drug-likeness (QED) is 0.473. The van der Waals surface area contributed by atoms with E-state index < -0.39 is 11.9 Å². The van der Waals surface area contributed by atoms with Gasteiger partial charge in [0.1, 0.15) is 11.6 Å². The van der Waals surface area contributed by atoms with Crippen molar-refractivity contribution in [2.75, 3.05) is 6.61 Å². The van der Waals surface area contributed by atoms with Gasteiger partial charge in [-0.1, -0.05) is 35.0 Å². The number of ether oxygens (including phenoxy) is 1. The van der Waals surface area contributed by atoms with Crippen LogP contribution in [0.4, 0.5) is 0 Å². The van der Waals surface area contributed by atoms with E-state index in [0.29, 0.717) is 28.6 Å². The Hall–Kier alpha value is -2.87. The Labute approximate surface area is 160 Å². The molecule has 8 nitrogen and oxygen atoms in total. The monoisotopic (exact) mass is 387 g/mol. The van der Waals surface area contributed by atoms with Gasteiger partial charge < -0.3 is 4.74 Å². The Balaban J connectivity index is 2.11. The highest BCUT2D eigenvalue weighted by atomic mass is 35.5. The smallest absolute Gasteiger partial charge is 0.322 e. The van der Waals surface area contributed by atoms with Crippen molar-refractivity contribution in [3.05, 3.63) is 46.4 Å². The summed E-state index contributed by atoms with van der Waals surface area (Å²) < 4.78 is 6.60. The van der Waals surface area contributed by atoms with E-state index in [9.17, 15) is 9.59 Å². The number of benzene rings is 1. The van der Waals surface area contributed by atoms with Gasteiger partial charge in [0, 0.05) is 5.02 Å². The Morgan fingerprint density at radius 2 is 2.00 bits per heavy atom. The minimum absolute atomic E-state index is 0.162. The number of nitrogens with zero attached hydrogens (tertiary/aromatic N) is 5. The van der Waals surface area contributed by atoms with E-state index >= 15 is 0 Å². The van der Waals surface area contributed by atoms with Gasteiger partial charge >= 0.3 is 5.97 Å². The van der Waals surface area contributed by atoms with Crippen molar-refractivity contribution in [1.29, 1.82) is 0 Å². The molecular formula is C18H18ClN5O3. The van der Waals surface area contributed by atoms with E-state index in [-0.39, 0.29) is 18.1 Å². The van der Waals surface area contributed by atoms with E-state index in [1.54, 1.807) is 24.6 Å². The first kappa shape index (κ1) is 18.9. The number of aryl methyl sites for hydroxylation is 1. The third-order valence-corrected chi connectivity index (χ3v) is 4.35. The van der Waals surface area contributed by atoms with E-state index in [1.807, 2.05) is 18.2 Å². The van der Waals surface area contributed by atoms with Gasteiger partial charge in [-0.25, -0.2) is 14.6 Å². The third kappa shape index (κ3) is 3.80. The first-order chi connectivity index (χ1) is 12.9. The molecule has 140 valence electrons. The van der Waals surface area contributed by atoms with Gasteiger partial charge in [-0.3, -0.25) is 9.59 Å². The molecule has 0 radical (unpaired) electrons. The zero-order valence-electron chi connectivity index (χ0n) is 15.1. The first-order valence-corrected chi connectivity index (χ1v) is 8.78. The van der Waals surface area contributed by atoms with E-state index in [2.05, 4.69) is 20.3 Å². The zero-order valence-corrected chi connectivity index (χ0v) is 15.9. The number of carbonyl (C=O) groups is 2.